The van der Waals surface area contributed by atoms with Crippen LogP contribution in [0.4, 0.5) is 5.00 Å². The highest BCUT2D eigenvalue weighted by Gasteiger charge is 2.25. The van der Waals surface area contributed by atoms with Crippen molar-refractivity contribution in [1.82, 2.24) is 0 Å². The van der Waals surface area contributed by atoms with Gasteiger partial charge in [-0.15, -0.1) is 11.3 Å². The predicted molar refractivity (Wildman–Crippen MR) is 97.5 cm³/mol. The van der Waals surface area contributed by atoms with E-state index in [9.17, 15) is 10.1 Å². The first-order valence-electron chi connectivity index (χ1n) is 6.66. The molecule has 2 aromatic rings. The highest BCUT2D eigenvalue weighted by atomic mass is 127. The molecule has 0 atom stereocenters. The zero-order valence-corrected chi connectivity index (χ0v) is 15.5. The summed E-state index contributed by atoms with van der Waals surface area (Å²) in [5.74, 6) is -0.384. The Morgan fingerprint density at radius 1 is 1.36 bits per heavy atom. The number of rotatable bonds is 4. The Balaban J connectivity index is 2.70. The van der Waals surface area contributed by atoms with Crippen molar-refractivity contribution in [2.45, 2.75) is 6.92 Å². The first-order chi connectivity index (χ1) is 10.5. The maximum Gasteiger partial charge on any atom is 0.349 e. The van der Waals surface area contributed by atoms with Crippen LogP contribution in [0.25, 0.3) is 11.1 Å². The molecular formula is C16H15IN2O2S. The van der Waals surface area contributed by atoms with Gasteiger partial charge in [0.25, 0.3) is 0 Å². The zero-order chi connectivity index (χ0) is 16.3. The van der Waals surface area contributed by atoms with Crippen molar-refractivity contribution in [2.75, 3.05) is 25.6 Å². The molecule has 0 unspecified atom stereocenters. The molecule has 114 valence electrons. The number of nitriles is 1. The van der Waals surface area contributed by atoms with Gasteiger partial charge in [-0.1, -0.05) is 12.1 Å². The van der Waals surface area contributed by atoms with Gasteiger partial charge in [0.2, 0.25) is 0 Å². The van der Waals surface area contributed by atoms with Gasteiger partial charge in [-0.3, -0.25) is 0 Å². The van der Waals surface area contributed by atoms with E-state index < -0.39 is 0 Å². The molecule has 0 amide bonds. The molecule has 0 aliphatic heterocycles. The third-order valence-electron chi connectivity index (χ3n) is 3.00. The standard InChI is InChI=1S/C16H15IN2O2S/c1-4-21-16(20)14-13(10-5-7-11(17)8-6-10)12(9-18)15(22-14)19(2)3/h5-8H,4H2,1-3H3. The second kappa shape index (κ2) is 7.11. The fourth-order valence-corrected chi connectivity index (χ4v) is 3.52. The van der Waals surface area contributed by atoms with Crippen molar-refractivity contribution in [3.05, 3.63) is 38.3 Å². The van der Waals surface area contributed by atoms with Gasteiger partial charge < -0.3 is 9.64 Å². The lowest BCUT2D eigenvalue weighted by Crippen LogP contribution is -2.07. The van der Waals surface area contributed by atoms with Crippen LogP contribution in [-0.4, -0.2) is 26.7 Å². The van der Waals surface area contributed by atoms with E-state index in [1.807, 2.05) is 43.3 Å². The van der Waals surface area contributed by atoms with Crippen LogP contribution in [0.5, 0.6) is 0 Å². The van der Waals surface area contributed by atoms with Gasteiger partial charge in [0.1, 0.15) is 15.9 Å². The number of halogens is 1. The van der Waals surface area contributed by atoms with Gasteiger partial charge in [0.05, 0.1) is 12.2 Å². The molecule has 0 bridgehead atoms. The highest BCUT2D eigenvalue weighted by molar-refractivity contribution is 14.1. The summed E-state index contributed by atoms with van der Waals surface area (Å²) < 4.78 is 6.25. The maximum atomic E-state index is 12.3. The second-order valence-electron chi connectivity index (χ2n) is 4.72. The number of carbonyl (C=O) groups excluding carboxylic acids is 1. The first-order valence-corrected chi connectivity index (χ1v) is 8.56. The lowest BCUT2D eigenvalue weighted by atomic mass is 10.0. The van der Waals surface area contributed by atoms with Crippen LogP contribution in [0.2, 0.25) is 0 Å². The number of thiophene rings is 1. The maximum absolute atomic E-state index is 12.3. The molecule has 1 heterocycles. The van der Waals surface area contributed by atoms with Crippen molar-refractivity contribution in [3.63, 3.8) is 0 Å². The molecule has 0 saturated carbocycles. The average molecular weight is 426 g/mol. The smallest absolute Gasteiger partial charge is 0.349 e. The van der Waals surface area contributed by atoms with Gasteiger partial charge >= 0.3 is 5.97 Å². The molecule has 4 nitrogen and oxygen atoms in total. The molecule has 0 radical (unpaired) electrons. The Morgan fingerprint density at radius 3 is 2.50 bits per heavy atom. The van der Waals surface area contributed by atoms with E-state index in [2.05, 4.69) is 28.7 Å². The van der Waals surface area contributed by atoms with E-state index >= 15 is 0 Å². The summed E-state index contributed by atoms with van der Waals surface area (Å²) in [7, 11) is 3.72. The van der Waals surface area contributed by atoms with Crippen LogP contribution < -0.4 is 4.90 Å². The Kier molecular flexibility index (Phi) is 5.42. The summed E-state index contributed by atoms with van der Waals surface area (Å²) in [4.78, 5) is 14.6. The van der Waals surface area contributed by atoms with E-state index in [1.165, 1.54) is 11.3 Å². The lowest BCUT2D eigenvalue weighted by Gasteiger charge is -2.09. The summed E-state index contributed by atoms with van der Waals surface area (Å²) in [6.45, 7) is 2.08. The number of hydrogen-bond acceptors (Lipinski definition) is 5. The number of esters is 1. The summed E-state index contributed by atoms with van der Waals surface area (Å²) in [5, 5.41) is 10.3. The Morgan fingerprint density at radius 2 is 2.00 bits per heavy atom. The molecule has 0 aliphatic rings. The van der Waals surface area contributed by atoms with E-state index in [0.717, 1.165) is 14.1 Å². The van der Waals surface area contributed by atoms with Crippen molar-refractivity contribution < 1.29 is 9.53 Å². The highest BCUT2D eigenvalue weighted by Crippen LogP contribution is 2.41. The minimum atomic E-state index is -0.384. The normalized spacial score (nSPS) is 10.1. The number of hydrogen-bond donors (Lipinski definition) is 0. The fourth-order valence-electron chi connectivity index (χ4n) is 2.07. The first kappa shape index (κ1) is 16.8. The Hall–Kier alpha value is -1.59. The van der Waals surface area contributed by atoms with Crippen LogP contribution >= 0.6 is 33.9 Å². The third-order valence-corrected chi connectivity index (χ3v) is 5.06. The SMILES string of the molecule is CCOC(=O)c1sc(N(C)C)c(C#N)c1-c1ccc(I)cc1. The molecular weight excluding hydrogens is 411 g/mol. The van der Waals surface area contributed by atoms with E-state index in [-0.39, 0.29) is 5.97 Å². The van der Waals surface area contributed by atoms with Crippen LogP contribution in [0.1, 0.15) is 22.2 Å². The van der Waals surface area contributed by atoms with E-state index in [4.69, 9.17) is 4.74 Å². The van der Waals surface area contributed by atoms with Gasteiger partial charge in [0, 0.05) is 23.2 Å². The molecule has 0 spiro atoms. The van der Waals surface area contributed by atoms with Crippen LogP contribution in [-0.2, 0) is 4.74 Å². The molecule has 22 heavy (non-hydrogen) atoms. The van der Waals surface area contributed by atoms with Gasteiger partial charge in [-0.25, -0.2) is 4.79 Å². The molecule has 0 fully saturated rings. The fraction of sp³-hybridized carbons (Fsp3) is 0.250. The Bertz CT molecular complexity index is 730. The molecule has 0 saturated heterocycles. The van der Waals surface area contributed by atoms with Crippen LogP contribution in [0, 0.1) is 14.9 Å². The topological polar surface area (TPSA) is 53.3 Å². The number of ether oxygens (including phenoxy) is 1. The van der Waals surface area contributed by atoms with E-state index in [0.29, 0.717) is 22.6 Å². The molecule has 0 N–H and O–H groups in total. The van der Waals surface area contributed by atoms with E-state index in [1.54, 1.807) is 6.92 Å². The summed E-state index contributed by atoms with van der Waals surface area (Å²) in [6, 6.07) is 10.00. The van der Waals surface area contributed by atoms with Gasteiger partial charge in [-0.05, 0) is 47.2 Å². The molecule has 6 heteroatoms. The third kappa shape index (κ3) is 3.25. The number of anilines is 1. The van der Waals surface area contributed by atoms with Crippen molar-refractivity contribution in [1.29, 1.82) is 5.26 Å². The summed E-state index contributed by atoms with van der Waals surface area (Å²) in [5.41, 5.74) is 2.02. The van der Waals surface area contributed by atoms with Crippen molar-refractivity contribution >= 4 is 44.9 Å². The van der Waals surface area contributed by atoms with Crippen molar-refractivity contribution in [3.8, 4) is 17.2 Å². The summed E-state index contributed by atoms with van der Waals surface area (Å²) >= 11 is 3.52. The number of nitrogens with zero attached hydrogens (tertiary/aromatic N) is 2. The second-order valence-corrected chi connectivity index (χ2v) is 6.96. The van der Waals surface area contributed by atoms with Crippen LogP contribution in [0.3, 0.4) is 0 Å². The molecule has 2 rings (SSSR count). The minimum Gasteiger partial charge on any atom is -0.462 e. The predicted octanol–water partition coefficient (Wildman–Crippen LogP) is 4.13. The average Bonchev–Trinajstić information content (AvgIpc) is 2.88. The minimum absolute atomic E-state index is 0.308. The monoisotopic (exact) mass is 426 g/mol. The largest absolute Gasteiger partial charge is 0.462 e. The zero-order valence-electron chi connectivity index (χ0n) is 12.5. The van der Waals surface area contributed by atoms with Crippen LogP contribution in [0.15, 0.2) is 24.3 Å². The molecule has 1 aromatic heterocycles. The summed E-state index contributed by atoms with van der Waals surface area (Å²) in [6.07, 6.45) is 0. The van der Waals surface area contributed by atoms with Gasteiger partial charge in [-0.2, -0.15) is 5.26 Å². The Labute approximate surface area is 147 Å². The molecule has 1 aromatic carbocycles. The molecule has 0 aliphatic carbocycles. The number of carbonyl (C=O) groups is 1. The number of benzene rings is 1. The van der Waals surface area contributed by atoms with Gasteiger partial charge in [0.15, 0.2) is 0 Å². The van der Waals surface area contributed by atoms with Crippen molar-refractivity contribution in [2.24, 2.45) is 0 Å². The lowest BCUT2D eigenvalue weighted by molar-refractivity contribution is 0.0533. The quantitative estimate of drug-likeness (QED) is 0.545.